The van der Waals surface area contributed by atoms with Crippen molar-refractivity contribution in [3.8, 4) is 0 Å². The van der Waals surface area contributed by atoms with E-state index in [0.717, 1.165) is 0 Å². The summed E-state index contributed by atoms with van der Waals surface area (Å²) < 4.78 is 27.1. The van der Waals surface area contributed by atoms with Crippen LogP contribution in [-0.2, 0) is 10.0 Å². The summed E-state index contributed by atoms with van der Waals surface area (Å²) in [6.07, 6.45) is 0. The van der Waals surface area contributed by atoms with Gasteiger partial charge in [0.2, 0.25) is 10.0 Å². The van der Waals surface area contributed by atoms with E-state index >= 15 is 0 Å². The van der Waals surface area contributed by atoms with E-state index in [1.54, 1.807) is 0 Å². The second-order valence-electron chi connectivity index (χ2n) is 4.70. The number of hydrogen-bond donors (Lipinski definition) is 0. The fraction of sp³-hybridized carbons (Fsp3) is 0.500. The van der Waals surface area contributed by atoms with Crippen LogP contribution in [0.15, 0.2) is 21.5 Å². The molecule has 0 bridgehead atoms. The third kappa shape index (κ3) is 3.64. The highest BCUT2D eigenvalue weighted by atomic mass is 79.9. The van der Waals surface area contributed by atoms with Crippen LogP contribution < -0.4 is 0 Å². The lowest BCUT2D eigenvalue weighted by Gasteiger charge is -2.27. The van der Waals surface area contributed by atoms with Gasteiger partial charge in [0.15, 0.2) is 0 Å². The summed E-state index contributed by atoms with van der Waals surface area (Å²) >= 11 is 15.3. The van der Waals surface area contributed by atoms with Gasteiger partial charge in [-0.3, -0.25) is 0 Å². The van der Waals surface area contributed by atoms with Crippen molar-refractivity contribution in [1.82, 2.24) is 4.31 Å². The molecule has 0 saturated heterocycles. The lowest BCUT2D eigenvalue weighted by Crippen LogP contribution is -2.38. The van der Waals surface area contributed by atoms with Crippen LogP contribution in [0.5, 0.6) is 0 Å². The molecule has 1 aromatic carbocycles. The van der Waals surface area contributed by atoms with Gasteiger partial charge in [0.1, 0.15) is 4.90 Å². The van der Waals surface area contributed by atoms with Crippen LogP contribution in [0.2, 0.25) is 10.0 Å². The van der Waals surface area contributed by atoms with Crippen molar-refractivity contribution in [3.63, 3.8) is 0 Å². The Morgan fingerprint density at radius 2 is 1.58 bits per heavy atom. The predicted molar refractivity (Wildman–Crippen MR) is 83.4 cm³/mol. The Kier molecular flexibility index (Phi) is 5.72. The molecule has 0 radical (unpaired) electrons. The van der Waals surface area contributed by atoms with Gasteiger partial charge in [-0.05, 0) is 25.0 Å². The highest BCUT2D eigenvalue weighted by Crippen LogP contribution is 2.35. The summed E-state index contributed by atoms with van der Waals surface area (Å²) in [5.41, 5.74) is 0. The second-order valence-corrected chi connectivity index (χ2v) is 8.37. The van der Waals surface area contributed by atoms with Crippen LogP contribution in [0.3, 0.4) is 0 Å². The first-order valence-corrected chi connectivity index (χ1v) is 8.70. The minimum Gasteiger partial charge on any atom is -0.207 e. The summed E-state index contributed by atoms with van der Waals surface area (Å²) in [7, 11) is -2.18. The van der Waals surface area contributed by atoms with Crippen molar-refractivity contribution in [2.24, 2.45) is 5.92 Å². The van der Waals surface area contributed by atoms with Gasteiger partial charge in [-0.1, -0.05) is 53.0 Å². The first-order valence-electron chi connectivity index (χ1n) is 5.71. The van der Waals surface area contributed by atoms with Crippen molar-refractivity contribution in [2.45, 2.75) is 31.7 Å². The molecule has 0 heterocycles. The molecular formula is C12H16BrCl2NO2S. The summed E-state index contributed by atoms with van der Waals surface area (Å²) in [4.78, 5) is -0.0472. The van der Waals surface area contributed by atoms with E-state index in [9.17, 15) is 8.42 Å². The summed E-state index contributed by atoms with van der Waals surface area (Å²) in [6, 6.07) is 2.89. The van der Waals surface area contributed by atoms with E-state index in [0.29, 0.717) is 4.47 Å². The molecular weight excluding hydrogens is 373 g/mol. The van der Waals surface area contributed by atoms with Gasteiger partial charge in [-0.15, -0.1) is 0 Å². The van der Waals surface area contributed by atoms with Gasteiger partial charge in [0, 0.05) is 17.6 Å². The number of halogens is 3. The highest BCUT2D eigenvalue weighted by Gasteiger charge is 2.31. The van der Waals surface area contributed by atoms with Crippen molar-refractivity contribution >= 4 is 49.2 Å². The fourth-order valence-electron chi connectivity index (χ4n) is 1.56. The maximum Gasteiger partial charge on any atom is 0.246 e. The van der Waals surface area contributed by atoms with Crippen LogP contribution >= 0.6 is 39.1 Å². The molecule has 1 aromatic rings. The minimum atomic E-state index is -3.71. The SMILES string of the molecule is CC(C)[C@@H](C)N(C)S(=O)(=O)c1c(Cl)cc(Br)cc1Cl. The zero-order chi connectivity index (χ0) is 15.0. The largest absolute Gasteiger partial charge is 0.246 e. The molecule has 0 unspecified atom stereocenters. The average Bonchev–Trinajstić information content (AvgIpc) is 2.24. The third-order valence-corrected chi connectivity index (χ3v) is 6.46. The summed E-state index contributed by atoms with van der Waals surface area (Å²) in [5, 5.41) is 0.226. The molecule has 0 aliphatic heterocycles. The van der Waals surface area contributed by atoms with E-state index in [4.69, 9.17) is 23.2 Å². The second kappa shape index (κ2) is 6.31. The minimum absolute atomic E-state index is 0.0472. The van der Waals surface area contributed by atoms with E-state index < -0.39 is 10.0 Å². The molecule has 1 atom stereocenters. The molecule has 0 amide bonds. The lowest BCUT2D eigenvalue weighted by molar-refractivity contribution is 0.316. The third-order valence-electron chi connectivity index (χ3n) is 3.14. The Bertz CT molecular complexity index is 552. The maximum absolute atomic E-state index is 12.6. The van der Waals surface area contributed by atoms with Gasteiger partial charge in [-0.2, -0.15) is 4.31 Å². The maximum atomic E-state index is 12.6. The van der Waals surface area contributed by atoms with E-state index in [1.807, 2.05) is 20.8 Å². The molecule has 7 heteroatoms. The molecule has 108 valence electrons. The topological polar surface area (TPSA) is 37.4 Å². The first-order chi connectivity index (χ1) is 8.59. The quantitative estimate of drug-likeness (QED) is 0.765. The van der Waals surface area contributed by atoms with Crippen LogP contribution in [0.25, 0.3) is 0 Å². The van der Waals surface area contributed by atoms with Crippen molar-refractivity contribution < 1.29 is 8.42 Å². The number of nitrogens with zero attached hydrogens (tertiary/aromatic N) is 1. The zero-order valence-electron chi connectivity index (χ0n) is 11.1. The molecule has 19 heavy (non-hydrogen) atoms. The van der Waals surface area contributed by atoms with E-state index in [1.165, 1.54) is 23.5 Å². The Labute approximate surface area is 133 Å². The number of hydrogen-bond acceptors (Lipinski definition) is 2. The van der Waals surface area contributed by atoms with Crippen LogP contribution in [-0.4, -0.2) is 25.8 Å². The van der Waals surface area contributed by atoms with E-state index in [-0.39, 0.29) is 26.9 Å². The number of sulfonamides is 1. The standard InChI is InChI=1S/C12H16BrCl2NO2S/c1-7(2)8(3)16(4)19(17,18)12-10(14)5-9(13)6-11(12)15/h5-8H,1-4H3/t8-/m1/s1. The first kappa shape index (κ1) is 17.2. The average molecular weight is 389 g/mol. The van der Waals surface area contributed by atoms with Gasteiger partial charge in [0.25, 0.3) is 0 Å². The smallest absolute Gasteiger partial charge is 0.207 e. The van der Waals surface area contributed by atoms with Crippen LogP contribution in [0, 0.1) is 5.92 Å². The zero-order valence-corrected chi connectivity index (χ0v) is 15.0. The molecule has 3 nitrogen and oxygen atoms in total. The van der Waals surface area contributed by atoms with Gasteiger partial charge >= 0.3 is 0 Å². The lowest BCUT2D eigenvalue weighted by atomic mass is 10.1. The molecule has 0 fully saturated rings. The molecule has 0 N–H and O–H groups in total. The molecule has 0 saturated carbocycles. The molecule has 1 rings (SSSR count). The van der Waals surface area contributed by atoms with Crippen molar-refractivity contribution in [1.29, 1.82) is 0 Å². The van der Waals surface area contributed by atoms with Crippen molar-refractivity contribution in [2.75, 3.05) is 7.05 Å². The Morgan fingerprint density at radius 3 is 1.95 bits per heavy atom. The Hall–Kier alpha value is 0.190. The summed E-state index contributed by atoms with van der Waals surface area (Å²) in [5.74, 6) is 0.188. The van der Waals surface area contributed by atoms with E-state index in [2.05, 4.69) is 15.9 Å². The van der Waals surface area contributed by atoms with Crippen LogP contribution in [0.1, 0.15) is 20.8 Å². The monoisotopic (exact) mass is 387 g/mol. The predicted octanol–water partition coefficient (Wildman–Crippen LogP) is 4.42. The fourth-order valence-corrected chi connectivity index (χ4v) is 4.93. The molecule has 0 spiro atoms. The molecule has 0 aromatic heterocycles. The van der Waals surface area contributed by atoms with Gasteiger partial charge in [0.05, 0.1) is 10.0 Å². The number of rotatable bonds is 4. The normalized spacial score (nSPS) is 14.2. The van der Waals surface area contributed by atoms with Gasteiger partial charge < -0.3 is 0 Å². The highest BCUT2D eigenvalue weighted by molar-refractivity contribution is 9.10. The number of benzene rings is 1. The van der Waals surface area contributed by atoms with Crippen LogP contribution in [0.4, 0.5) is 0 Å². The molecule has 0 aliphatic rings. The Balaban J connectivity index is 3.36. The molecule has 0 aliphatic carbocycles. The van der Waals surface area contributed by atoms with Gasteiger partial charge in [-0.25, -0.2) is 8.42 Å². The van der Waals surface area contributed by atoms with Crippen molar-refractivity contribution in [3.05, 3.63) is 26.7 Å². The Morgan fingerprint density at radius 1 is 1.16 bits per heavy atom. The summed E-state index contributed by atoms with van der Waals surface area (Å²) in [6.45, 7) is 5.77.